The number of para-hydroxylation sites is 1. The van der Waals surface area contributed by atoms with Gasteiger partial charge in [0, 0.05) is 22.8 Å². The number of carbonyl (C=O) groups excluding carboxylic acids is 1. The van der Waals surface area contributed by atoms with Crippen LogP contribution in [0.15, 0.2) is 113 Å². The lowest BCUT2D eigenvalue weighted by molar-refractivity contribution is 0.262. The topological polar surface area (TPSA) is 117 Å². The normalized spacial score (nSPS) is 15.2. The Hall–Kier alpha value is -4.18. The Morgan fingerprint density at radius 3 is 2.05 bits per heavy atom. The van der Waals surface area contributed by atoms with Crippen molar-refractivity contribution in [1.82, 2.24) is 0 Å². The number of nitrogens with one attached hydrogen (secondary N) is 2. The first-order chi connectivity index (χ1) is 18.3. The highest BCUT2D eigenvalue weighted by Gasteiger charge is 2.30. The maximum Gasteiger partial charge on any atom is 0.323 e. The minimum absolute atomic E-state index is 0.0343. The lowest BCUT2D eigenvalue weighted by atomic mass is 9.98. The third-order valence-corrected chi connectivity index (χ3v) is 7.28. The van der Waals surface area contributed by atoms with Gasteiger partial charge in [0.05, 0.1) is 22.3 Å². The predicted molar refractivity (Wildman–Crippen MR) is 151 cm³/mol. The quantitative estimate of drug-likeness (QED) is 0.276. The molecule has 1 heterocycles. The lowest BCUT2D eigenvalue weighted by Crippen LogP contribution is -2.19. The molecule has 38 heavy (non-hydrogen) atoms. The van der Waals surface area contributed by atoms with Crippen molar-refractivity contribution in [2.75, 3.05) is 15.6 Å². The third-order valence-electron chi connectivity index (χ3n) is 6.10. The Morgan fingerprint density at radius 2 is 1.45 bits per heavy atom. The summed E-state index contributed by atoms with van der Waals surface area (Å²) in [6, 6.07) is 30.1. The summed E-state index contributed by atoms with van der Waals surface area (Å²) in [5, 5.41) is 18.3. The molecule has 10 heteroatoms. The number of nitrogens with zero attached hydrogens (tertiary/aromatic N) is 2. The first-order valence-corrected chi connectivity index (χ1v) is 13.7. The molecule has 4 N–H and O–H groups in total. The molecule has 0 radical (unpaired) electrons. The second kappa shape index (κ2) is 10.7. The summed E-state index contributed by atoms with van der Waals surface area (Å²) < 4.78 is 23.4. The number of amides is 2. The highest BCUT2D eigenvalue weighted by Crippen LogP contribution is 2.37. The van der Waals surface area contributed by atoms with E-state index < -0.39 is 10.0 Å². The fourth-order valence-electron chi connectivity index (χ4n) is 4.22. The molecule has 1 aliphatic rings. The number of benzene rings is 4. The van der Waals surface area contributed by atoms with Crippen molar-refractivity contribution in [3.05, 3.63) is 119 Å². The highest BCUT2D eigenvalue weighted by molar-refractivity contribution is 7.89. The van der Waals surface area contributed by atoms with Crippen LogP contribution in [0.2, 0.25) is 5.02 Å². The van der Waals surface area contributed by atoms with Gasteiger partial charge < -0.3 is 10.6 Å². The Labute approximate surface area is 225 Å². The van der Waals surface area contributed by atoms with E-state index in [1.165, 1.54) is 12.1 Å². The number of nitrogens with two attached hydrogens (primary N) is 1. The molecular formula is C28H24ClN5O3S. The molecule has 4 aromatic carbocycles. The van der Waals surface area contributed by atoms with Gasteiger partial charge in [0.15, 0.2) is 0 Å². The van der Waals surface area contributed by atoms with Gasteiger partial charge in [0.1, 0.15) is 0 Å². The molecule has 0 bridgehead atoms. The Bertz CT molecular complexity index is 1570. The van der Waals surface area contributed by atoms with Crippen molar-refractivity contribution in [2.24, 2.45) is 10.2 Å². The second-order valence-corrected chi connectivity index (χ2v) is 10.7. The average molecular weight is 546 g/mol. The van der Waals surface area contributed by atoms with Crippen molar-refractivity contribution in [3.63, 3.8) is 0 Å². The molecule has 0 aliphatic carbocycles. The number of sulfonamides is 1. The Balaban J connectivity index is 1.38. The number of hydrogen-bond acceptors (Lipinski definition) is 5. The number of carbonyl (C=O) groups is 1. The number of anilines is 3. The summed E-state index contributed by atoms with van der Waals surface area (Å²) in [5.41, 5.74) is 4.84. The number of urea groups is 1. The SMILES string of the molecule is NS(=O)(=O)c1ccc(N2N=C(c3ccc(NC(=O)Nc4ccccc4)cc3)CC2c2ccc(Cl)cc2)cc1. The molecule has 0 aromatic heterocycles. The molecule has 0 saturated heterocycles. The maximum atomic E-state index is 12.3. The molecule has 2 amide bonds. The van der Waals surface area contributed by atoms with Crippen LogP contribution in [0.3, 0.4) is 0 Å². The van der Waals surface area contributed by atoms with Gasteiger partial charge in [0.2, 0.25) is 10.0 Å². The zero-order chi connectivity index (χ0) is 26.7. The van der Waals surface area contributed by atoms with E-state index in [0.717, 1.165) is 22.5 Å². The average Bonchev–Trinajstić information content (AvgIpc) is 3.35. The standard InChI is InChI=1S/C28H24ClN5O3S/c29-21-10-6-20(7-11-21)27-18-26(33-34(27)24-14-16-25(17-15-24)38(30,36)37)19-8-12-23(13-9-19)32-28(35)31-22-4-2-1-3-5-22/h1-17,27H,18H2,(H2,30,36,37)(H2,31,32,35). The molecule has 192 valence electrons. The van der Waals surface area contributed by atoms with Crippen LogP contribution in [0, 0.1) is 0 Å². The predicted octanol–water partition coefficient (Wildman–Crippen LogP) is 5.99. The summed E-state index contributed by atoms with van der Waals surface area (Å²) in [6.45, 7) is 0. The Kier molecular flexibility index (Phi) is 7.15. The van der Waals surface area contributed by atoms with Crippen LogP contribution in [0.25, 0.3) is 0 Å². The molecule has 1 atom stereocenters. The smallest absolute Gasteiger partial charge is 0.308 e. The minimum Gasteiger partial charge on any atom is -0.308 e. The van der Waals surface area contributed by atoms with E-state index in [9.17, 15) is 13.2 Å². The van der Waals surface area contributed by atoms with Crippen LogP contribution in [0.1, 0.15) is 23.6 Å². The second-order valence-electron chi connectivity index (χ2n) is 8.72. The molecule has 8 nitrogen and oxygen atoms in total. The number of halogens is 1. The van der Waals surface area contributed by atoms with Crippen LogP contribution in [-0.2, 0) is 10.0 Å². The minimum atomic E-state index is -3.80. The summed E-state index contributed by atoms with van der Waals surface area (Å²) in [4.78, 5) is 12.4. The van der Waals surface area contributed by atoms with Crippen LogP contribution in [0.4, 0.5) is 21.9 Å². The summed E-state index contributed by atoms with van der Waals surface area (Å²) >= 11 is 6.11. The molecular weight excluding hydrogens is 522 g/mol. The van der Waals surface area contributed by atoms with Crippen molar-refractivity contribution < 1.29 is 13.2 Å². The van der Waals surface area contributed by atoms with Crippen molar-refractivity contribution in [2.45, 2.75) is 17.4 Å². The molecule has 1 aliphatic heterocycles. The summed E-state index contributed by atoms with van der Waals surface area (Å²) in [6.07, 6.45) is 0.611. The zero-order valence-corrected chi connectivity index (χ0v) is 21.7. The fraction of sp³-hybridized carbons (Fsp3) is 0.0714. The van der Waals surface area contributed by atoms with Gasteiger partial charge in [-0.1, -0.05) is 54.1 Å². The molecule has 4 aromatic rings. The van der Waals surface area contributed by atoms with Gasteiger partial charge in [-0.05, 0) is 71.8 Å². The van der Waals surface area contributed by atoms with E-state index in [0.29, 0.717) is 22.8 Å². The number of hydrogen-bond donors (Lipinski definition) is 3. The van der Waals surface area contributed by atoms with E-state index in [1.54, 1.807) is 12.1 Å². The van der Waals surface area contributed by atoms with Gasteiger partial charge in [-0.2, -0.15) is 5.10 Å². The van der Waals surface area contributed by atoms with Gasteiger partial charge in [-0.25, -0.2) is 18.4 Å². The lowest BCUT2D eigenvalue weighted by Gasteiger charge is -2.24. The number of primary sulfonamides is 1. The molecule has 1 unspecified atom stereocenters. The fourth-order valence-corrected chi connectivity index (χ4v) is 4.86. The summed E-state index contributed by atoms with van der Waals surface area (Å²) in [5.74, 6) is 0. The van der Waals surface area contributed by atoms with Crippen LogP contribution in [-0.4, -0.2) is 20.2 Å². The maximum absolute atomic E-state index is 12.3. The number of rotatable bonds is 6. The van der Waals surface area contributed by atoms with Crippen LogP contribution < -0.4 is 20.8 Å². The first-order valence-electron chi connectivity index (χ1n) is 11.7. The molecule has 0 saturated carbocycles. The number of hydrazone groups is 1. The largest absolute Gasteiger partial charge is 0.323 e. The van der Waals surface area contributed by atoms with Gasteiger partial charge >= 0.3 is 6.03 Å². The van der Waals surface area contributed by atoms with Gasteiger partial charge in [-0.15, -0.1) is 0 Å². The van der Waals surface area contributed by atoms with Crippen LogP contribution >= 0.6 is 11.6 Å². The van der Waals surface area contributed by atoms with Crippen LogP contribution in [0.5, 0.6) is 0 Å². The molecule has 0 fully saturated rings. The monoisotopic (exact) mass is 545 g/mol. The van der Waals surface area contributed by atoms with Crippen molar-refractivity contribution >= 4 is 50.4 Å². The third kappa shape index (κ3) is 5.86. The van der Waals surface area contributed by atoms with Crippen molar-refractivity contribution in [3.8, 4) is 0 Å². The Morgan fingerprint density at radius 1 is 0.842 bits per heavy atom. The highest BCUT2D eigenvalue weighted by atomic mass is 35.5. The van der Waals surface area contributed by atoms with E-state index in [1.807, 2.05) is 83.9 Å². The summed E-state index contributed by atoms with van der Waals surface area (Å²) in [7, 11) is -3.80. The van der Waals surface area contributed by atoms with E-state index in [-0.39, 0.29) is 17.0 Å². The zero-order valence-electron chi connectivity index (χ0n) is 20.1. The van der Waals surface area contributed by atoms with E-state index in [4.69, 9.17) is 21.8 Å². The molecule has 0 spiro atoms. The van der Waals surface area contributed by atoms with Crippen molar-refractivity contribution in [1.29, 1.82) is 0 Å². The first kappa shape index (κ1) is 25.5. The van der Waals surface area contributed by atoms with E-state index >= 15 is 0 Å². The van der Waals surface area contributed by atoms with E-state index in [2.05, 4.69) is 10.6 Å². The molecule has 5 rings (SSSR count). The van der Waals surface area contributed by atoms with Gasteiger partial charge in [-0.3, -0.25) is 5.01 Å². The van der Waals surface area contributed by atoms with Gasteiger partial charge in [0.25, 0.3) is 0 Å².